The first-order chi connectivity index (χ1) is 11.6. The number of hydrogen-bond acceptors (Lipinski definition) is 6. The molecule has 1 aromatic carbocycles. The maximum atomic E-state index is 11.3. The Bertz CT molecular complexity index is 847. The van der Waals surface area contributed by atoms with Crippen LogP contribution in [0.25, 0.3) is 0 Å². The van der Waals surface area contributed by atoms with E-state index in [4.69, 9.17) is 4.42 Å². The number of benzene rings is 1. The summed E-state index contributed by atoms with van der Waals surface area (Å²) in [6.07, 6.45) is 1.61. The number of furan rings is 1. The van der Waals surface area contributed by atoms with E-state index in [1.54, 1.807) is 37.5 Å². The Morgan fingerprint density at radius 2 is 1.96 bits per heavy atom. The molecular formula is C17H16N4O3. The van der Waals surface area contributed by atoms with Gasteiger partial charge in [-0.3, -0.25) is 0 Å². The number of hydrogen-bond donors (Lipinski definition) is 3. The number of carboxylic acid groups (broad SMARTS) is 1. The number of para-hydroxylation sites is 1. The second kappa shape index (κ2) is 6.82. The largest absolute Gasteiger partial charge is 0.478 e. The van der Waals surface area contributed by atoms with Crippen LogP contribution in [-0.4, -0.2) is 21.0 Å². The highest BCUT2D eigenvalue weighted by atomic mass is 16.4. The van der Waals surface area contributed by atoms with E-state index in [1.807, 2.05) is 12.1 Å². The van der Waals surface area contributed by atoms with Gasteiger partial charge in [0.25, 0.3) is 0 Å². The molecule has 0 amide bonds. The summed E-state index contributed by atoms with van der Waals surface area (Å²) in [6.45, 7) is 2.26. The van der Waals surface area contributed by atoms with Crippen LogP contribution < -0.4 is 10.6 Å². The molecule has 0 aliphatic rings. The number of nitrogens with zero attached hydrogens (tertiary/aromatic N) is 2. The van der Waals surface area contributed by atoms with Gasteiger partial charge in [0.05, 0.1) is 24.1 Å². The third-order valence-corrected chi connectivity index (χ3v) is 3.28. The van der Waals surface area contributed by atoms with Gasteiger partial charge in [0.1, 0.15) is 23.2 Å². The number of aromatic nitrogens is 2. The highest BCUT2D eigenvalue weighted by Crippen LogP contribution is 2.21. The number of aromatic carboxylic acids is 1. The first kappa shape index (κ1) is 15.5. The van der Waals surface area contributed by atoms with Crippen molar-refractivity contribution in [3.05, 3.63) is 65.9 Å². The normalized spacial score (nSPS) is 10.4. The summed E-state index contributed by atoms with van der Waals surface area (Å²) in [6, 6.07) is 12.1. The Morgan fingerprint density at radius 3 is 2.71 bits per heavy atom. The Morgan fingerprint density at radius 1 is 1.17 bits per heavy atom. The average Bonchev–Trinajstić information content (AvgIpc) is 3.06. The molecule has 0 spiro atoms. The van der Waals surface area contributed by atoms with Crippen molar-refractivity contribution in [1.29, 1.82) is 0 Å². The van der Waals surface area contributed by atoms with E-state index < -0.39 is 5.97 Å². The van der Waals surface area contributed by atoms with Crippen molar-refractivity contribution < 1.29 is 14.3 Å². The second-order valence-electron chi connectivity index (χ2n) is 5.09. The summed E-state index contributed by atoms with van der Waals surface area (Å²) in [5, 5.41) is 15.4. The number of carboxylic acids is 1. The minimum Gasteiger partial charge on any atom is -0.478 e. The zero-order valence-electron chi connectivity index (χ0n) is 13.0. The van der Waals surface area contributed by atoms with Crippen LogP contribution >= 0.6 is 0 Å². The van der Waals surface area contributed by atoms with Crippen LogP contribution in [0.2, 0.25) is 0 Å². The summed E-state index contributed by atoms with van der Waals surface area (Å²) in [5.74, 6) is 1.49. The number of anilines is 3. The topological polar surface area (TPSA) is 100 Å². The fraction of sp³-hybridized carbons (Fsp3) is 0.118. The quantitative estimate of drug-likeness (QED) is 0.638. The average molecular weight is 324 g/mol. The van der Waals surface area contributed by atoms with Gasteiger partial charge in [-0.1, -0.05) is 12.1 Å². The van der Waals surface area contributed by atoms with Crippen LogP contribution in [0.1, 0.15) is 21.9 Å². The summed E-state index contributed by atoms with van der Waals surface area (Å²) >= 11 is 0. The van der Waals surface area contributed by atoms with E-state index in [2.05, 4.69) is 20.6 Å². The number of nitrogens with one attached hydrogen (secondary N) is 2. The molecule has 3 aromatic rings. The molecule has 3 N–H and O–H groups in total. The van der Waals surface area contributed by atoms with Crippen molar-refractivity contribution in [1.82, 2.24) is 9.97 Å². The zero-order chi connectivity index (χ0) is 16.9. The van der Waals surface area contributed by atoms with E-state index >= 15 is 0 Å². The molecule has 2 heterocycles. The molecule has 24 heavy (non-hydrogen) atoms. The zero-order valence-corrected chi connectivity index (χ0v) is 13.0. The highest BCUT2D eigenvalue weighted by Gasteiger charge is 2.10. The fourth-order valence-corrected chi connectivity index (χ4v) is 2.23. The van der Waals surface area contributed by atoms with Gasteiger partial charge in [0.2, 0.25) is 0 Å². The van der Waals surface area contributed by atoms with Gasteiger partial charge in [-0.15, -0.1) is 0 Å². The maximum absolute atomic E-state index is 11.3. The van der Waals surface area contributed by atoms with Crippen molar-refractivity contribution >= 4 is 23.3 Å². The van der Waals surface area contributed by atoms with Gasteiger partial charge < -0.3 is 20.2 Å². The predicted molar refractivity (Wildman–Crippen MR) is 89.5 cm³/mol. The summed E-state index contributed by atoms with van der Waals surface area (Å²) in [7, 11) is 0. The number of carbonyl (C=O) groups is 1. The lowest BCUT2D eigenvalue weighted by Crippen LogP contribution is -2.06. The van der Waals surface area contributed by atoms with Crippen LogP contribution in [0.15, 0.2) is 53.1 Å². The number of rotatable bonds is 6. The lowest BCUT2D eigenvalue weighted by molar-refractivity contribution is 0.0698. The fourth-order valence-electron chi connectivity index (χ4n) is 2.23. The van der Waals surface area contributed by atoms with Crippen molar-refractivity contribution in [2.45, 2.75) is 13.5 Å². The van der Waals surface area contributed by atoms with Crippen LogP contribution in [0.3, 0.4) is 0 Å². The summed E-state index contributed by atoms with van der Waals surface area (Å²) in [4.78, 5) is 19.9. The lowest BCUT2D eigenvalue weighted by Gasteiger charge is -2.11. The Labute approximate surface area is 138 Å². The molecule has 0 fully saturated rings. The van der Waals surface area contributed by atoms with Gasteiger partial charge in [0.15, 0.2) is 0 Å². The second-order valence-corrected chi connectivity index (χ2v) is 5.09. The standard InChI is InChI=1S/C17H16N4O3/c1-11-19-15(18-10-12-5-4-8-24-12)9-16(20-11)21-14-7-3-2-6-13(14)17(22)23/h2-9H,10H2,1H3,(H,22,23)(H2,18,19,20,21). The lowest BCUT2D eigenvalue weighted by atomic mass is 10.2. The predicted octanol–water partition coefficient (Wildman–Crippen LogP) is 3.43. The third-order valence-electron chi connectivity index (χ3n) is 3.28. The molecule has 0 saturated carbocycles. The summed E-state index contributed by atoms with van der Waals surface area (Å²) in [5.41, 5.74) is 0.652. The molecule has 0 radical (unpaired) electrons. The van der Waals surface area contributed by atoms with Crippen LogP contribution in [-0.2, 0) is 6.54 Å². The van der Waals surface area contributed by atoms with E-state index in [0.717, 1.165) is 5.76 Å². The van der Waals surface area contributed by atoms with Crippen molar-refractivity contribution in [3.8, 4) is 0 Å². The van der Waals surface area contributed by atoms with Gasteiger partial charge in [0, 0.05) is 6.07 Å². The van der Waals surface area contributed by atoms with E-state index in [-0.39, 0.29) is 5.56 Å². The van der Waals surface area contributed by atoms with E-state index in [9.17, 15) is 9.90 Å². The molecule has 0 aliphatic heterocycles. The van der Waals surface area contributed by atoms with Gasteiger partial charge in [-0.25, -0.2) is 14.8 Å². The van der Waals surface area contributed by atoms with E-state index in [1.165, 1.54) is 6.07 Å². The maximum Gasteiger partial charge on any atom is 0.337 e. The molecule has 7 nitrogen and oxygen atoms in total. The minimum atomic E-state index is -1.000. The van der Waals surface area contributed by atoms with Crippen LogP contribution in [0.4, 0.5) is 17.3 Å². The molecule has 7 heteroatoms. The Balaban J connectivity index is 1.80. The van der Waals surface area contributed by atoms with Crippen molar-refractivity contribution in [2.75, 3.05) is 10.6 Å². The minimum absolute atomic E-state index is 0.180. The first-order valence-electron chi connectivity index (χ1n) is 7.33. The molecular weight excluding hydrogens is 308 g/mol. The molecule has 0 unspecified atom stereocenters. The molecule has 0 atom stereocenters. The van der Waals surface area contributed by atoms with Crippen molar-refractivity contribution in [2.24, 2.45) is 0 Å². The van der Waals surface area contributed by atoms with Gasteiger partial charge >= 0.3 is 5.97 Å². The summed E-state index contributed by atoms with van der Waals surface area (Å²) < 4.78 is 5.27. The van der Waals surface area contributed by atoms with Gasteiger partial charge in [-0.05, 0) is 31.2 Å². The van der Waals surface area contributed by atoms with Crippen LogP contribution in [0, 0.1) is 6.92 Å². The molecule has 0 bridgehead atoms. The Hall–Kier alpha value is -3.35. The number of aryl methyl sites for hydroxylation is 1. The SMILES string of the molecule is Cc1nc(NCc2ccco2)cc(Nc2ccccc2C(=O)O)n1. The van der Waals surface area contributed by atoms with Crippen molar-refractivity contribution in [3.63, 3.8) is 0 Å². The molecule has 0 aliphatic carbocycles. The molecule has 122 valence electrons. The third kappa shape index (κ3) is 3.70. The van der Waals surface area contributed by atoms with Crippen LogP contribution in [0.5, 0.6) is 0 Å². The highest BCUT2D eigenvalue weighted by molar-refractivity contribution is 5.95. The Kier molecular flexibility index (Phi) is 4.42. The molecule has 0 saturated heterocycles. The monoisotopic (exact) mass is 324 g/mol. The van der Waals surface area contributed by atoms with Gasteiger partial charge in [-0.2, -0.15) is 0 Å². The first-order valence-corrected chi connectivity index (χ1v) is 7.33. The van der Waals surface area contributed by atoms with E-state index in [0.29, 0.717) is 29.7 Å². The molecule has 2 aromatic heterocycles. The smallest absolute Gasteiger partial charge is 0.337 e. The molecule has 3 rings (SSSR count).